The second-order valence-corrected chi connectivity index (χ2v) is 4.74. The van der Waals surface area contributed by atoms with E-state index in [4.69, 9.17) is 15.2 Å². The van der Waals surface area contributed by atoms with Gasteiger partial charge < -0.3 is 15.2 Å². The normalized spacial score (nSPS) is 14.4. The lowest BCUT2D eigenvalue weighted by Gasteiger charge is -2.26. The van der Waals surface area contributed by atoms with Gasteiger partial charge in [0.25, 0.3) is 0 Å². The molecule has 0 aliphatic heterocycles. The van der Waals surface area contributed by atoms with Crippen molar-refractivity contribution in [2.45, 2.75) is 27.7 Å². The fourth-order valence-corrected chi connectivity index (χ4v) is 0.813. The molecule has 0 heterocycles. The van der Waals surface area contributed by atoms with Crippen molar-refractivity contribution in [2.24, 2.45) is 17.1 Å². The Morgan fingerprint density at radius 2 is 1.64 bits per heavy atom. The van der Waals surface area contributed by atoms with E-state index in [1.807, 2.05) is 0 Å². The summed E-state index contributed by atoms with van der Waals surface area (Å²) in [5.41, 5.74) is 5.60. The van der Waals surface area contributed by atoms with Crippen molar-refractivity contribution in [2.75, 3.05) is 33.0 Å². The molecule has 0 unspecified atom stereocenters. The summed E-state index contributed by atoms with van der Waals surface area (Å²) in [7, 11) is 0. The Morgan fingerprint density at radius 1 is 1.07 bits per heavy atom. The first kappa shape index (κ1) is 13.9. The van der Waals surface area contributed by atoms with Gasteiger partial charge in [0.2, 0.25) is 0 Å². The zero-order valence-corrected chi connectivity index (χ0v) is 10.0. The van der Waals surface area contributed by atoms with E-state index in [1.54, 1.807) is 0 Å². The second-order valence-electron chi connectivity index (χ2n) is 4.74. The van der Waals surface area contributed by atoms with Crippen molar-refractivity contribution in [3.05, 3.63) is 0 Å². The molecule has 0 radical (unpaired) electrons. The smallest absolute Gasteiger partial charge is 0.0701 e. The van der Waals surface area contributed by atoms with Gasteiger partial charge in [-0.05, 0) is 11.3 Å². The van der Waals surface area contributed by atoms with Gasteiger partial charge in [0.1, 0.15) is 0 Å². The van der Waals surface area contributed by atoms with E-state index in [2.05, 4.69) is 27.7 Å². The van der Waals surface area contributed by atoms with Crippen molar-refractivity contribution >= 4 is 0 Å². The molecule has 0 amide bonds. The number of ether oxygens (including phenoxy) is 2. The maximum atomic E-state index is 5.50. The summed E-state index contributed by atoms with van der Waals surface area (Å²) in [4.78, 5) is 0. The molecule has 0 rings (SSSR count). The highest BCUT2D eigenvalue weighted by Crippen LogP contribution is 2.25. The van der Waals surface area contributed by atoms with Crippen LogP contribution >= 0.6 is 0 Å². The third-order valence-corrected chi connectivity index (χ3v) is 2.48. The highest BCUT2D eigenvalue weighted by molar-refractivity contribution is 4.68. The van der Waals surface area contributed by atoms with Gasteiger partial charge in [-0.2, -0.15) is 0 Å². The summed E-state index contributed by atoms with van der Waals surface area (Å²) < 4.78 is 10.7. The van der Waals surface area contributed by atoms with Crippen LogP contribution in [0.2, 0.25) is 0 Å². The van der Waals surface area contributed by atoms with Crippen LogP contribution in [0.3, 0.4) is 0 Å². The Kier molecular flexibility index (Phi) is 7.15. The van der Waals surface area contributed by atoms with Crippen LogP contribution < -0.4 is 5.73 Å². The highest BCUT2D eigenvalue weighted by atomic mass is 16.5. The molecule has 86 valence electrons. The molecule has 0 aliphatic carbocycles. The first-order chi connectivity index (χ1) is 6.48. The van der Waals surface area contributed by atoms with Gasteiger partial charge >= 0.3 is 0 Å². The Balaban J connectivity index is 3.28. The van der Waals surface area contributed by atoms with Gasteiger partial charge in [-0.25, -0.2) is 0 Å². The van der Waals surface area contributed by atoms with Crippen LogP contribution in [-0.2, 0) is 9.47 Å². The Morgan fingerprint density at radius 3 is 2.14 bits per heavy atom. The molecule has 0 aliphatic rings. The average Bonchev–Trinajstić information content (AvgIpc) is 2.09. The number of rotatable bonds is 7. The predicted molar refractivity (Wildman–Crippen MR) is 59.3 cm³/mol. The Bertz CT molecular complexity index is 132. The molecule has 3 heteroatoms. The van der Waals surface area contributed by atoms with Gasteiger partial charge in [-0.3, -0.25) is 0 Å². The third-order valence-electron chi connectivity index (χ3n) is 2.48. The van der Waals surface area contributed by atoms with Gasteiger partial charge in [0.05, 0.1) is 19.8 Å². The zero-order valence-electron chi connectivity index (χ0n) is 10.0. The predicted octanol–water partition coefficient (Wildman–Crippen LogP) is 1.66. The van der Waals surface area contributed by atoms with Crippen LogP contribution in [0.5, 0.6) is 0 Å². The van der Waals surface area contributed by atoms with Crippen LogP contribution in [0.4, 0.5) is 0 Å². The van der Waals surface area contributed by atoms with Crippen LogP contribution in [0.1, 0.15) is 27.7 Å². The summed E-state index contributed by atoms with van der Waals surface area (Å²) >= 11 is 0. The van der Waals surface area contributed by atoms with E-state index < -0.39 is 0 Å². The summed E-state index contributed by atoms with van der Waals surface area (Å²) in [6.45, 7) is 12.2. The lowest BCUT2D eigenvalue weighted by Crippen LogP contribution is -2.23. The van der Waals surface area contributed by atoms with Crippen LogP contribution in [0.25, 0.3) is 0 Å². The summed E-state index contributed by atoms with van der Waals surface area (Å²) in [5, 5.41) is 0. The van der Waals surface area contributed by atoms with E-state index >= 15 is 0 Å². The second kappa shape index (κ2) is 7.21. The first-order valence-electron chi connectivity index (χ1n) is 5.34. The van der Waals surface area contributed by atoms with Gasteiger partial charge in [-0.1, -0.05) is 27.7 Å². The van der Waals surface area contributed by atoms with E-state index in [-0.39, 0.29) is 0 Å². The molecule has 1 atom stereocenters. The minimum absolute atomic E-state index is 0.318. The lowest BCUT2D eigenvalue weighted by molar-refractivity contribution is 0.0197. The van der Waals surface area contributed by atoms with E-state index in [9.17, 15) is 0 Å². The number of hydrogen-bond donors (Lipinski definition) is 1. The molecule has 0 bridgehead atoms. The molecular formula is C11H25NO2. The van der Waals surface area contributed by atoms with E-state index in [1.165, 1.54) is 0 Å². The molecule has 0 aromatic carbocycles. The molecule has 0 saturated carbocycles. The lowest BCUT2D eigenvalue weighted by atomic mass is 9.83. The topological polar surface area (TPSA) is 44.5 Å². The van der Waals surface area contributed by atoms with Crippen molar-refractivity contribution < 1.29 is 9.47 Å². The zero-order chi connectivity index (χ0) is 11.0. The minimum atomic E-state index is 0.318. The van der Waals surface area contributed by atoms with Crippen LogP contribution in [0.15, 0.2) is 0 Å². The standard InChI is InChI=1S/C11H25NO2/c1-10(11(2,3)4)9-14-8-7-13-6-5-12/h10H,5-9,12H2,1-4H3/t10-/m0/s1. The molecule has 0 fully saturated rings. The van der Waals surface area contributed by atoms with Crippen LogP contribution in [0, 0.1) is 11.3 Å². The Hall–Kier alpha value is -0.120. The van der Waals surface area contributed by atoms with Crippen molar-refractivity contribution in [1.29, 1.82) is 0 Å². The molecule has 3 nitrogen and oxygen atoms in total. The molecule has 0 aromatic heterocycles. The van der Waals surface area contributed by atoms with E-state index in [0.717, 1.165) is 6.61 Å². The van der Waals surface area contributed by atoms with Gasteiger partial charge in [-0.15, -0.1) is 0 Å². The summed E-state index contributed by atoms with van der Waals surface area (Å²) in [6, 6.07) is 0. The van der Waals surface area contributed by atoms with E-state index in [0.29, 0.717) is 37.7 Å². The molecular weight excluding hydrogens is 178 g/mol. The average molecular weight is 203 g/mol. The fourth-order valence-electron chi connectivity index (χ4n) is 0.813. The third kappa shape index (κ3) is 7.30. The largest absolute Gasteiger partial charge is 0.379 e. The van der Waals surface area contributed by atoms with Gasteiger partial charge in [0, 0.05) is 13.2 Å². The molecule has 0 spiro atoms. The number of nitrogens with two attached hydrogens (primary N) is 1. The highest BCUT2D eigenvalue weighted by Gasteiger charge is 2.19. The number of hydrogen-bond acceptors (Lipinski definition) is 3. The minimum Gasteiger partial charge on any atom is -0.379 e. The SMILES string of the molecule is C[C@@H](COCCOCCN)C(C)(C)C. The monoisotopic (exact) mass is 203 g/mol. The molecule has 0 saturated heterocycles. The van der Waals surface area contributed by atoms with Crippen molar-refractivity contribution in [1.82, 2.24) is 0 Å². The molecule has 14 heavy (non-hydrogen) atoms. The summed E-state index contributed by atoms with van der Waals surface area (Å²) in [5.74, 6) is 0.567. The molecule has 0 aromatic rings. The quantitative estimate of drug-likeness (QED) is 0.640. The van der Waals surface area contributed by atoms with Crippen molar-refractivity contribution in [3.8, 4) is 0 Å². The first-order valence-corrected chi connectivity index (χ1v) is 5.34. The maximum Gasteiger partial charge on any atom is 0.0701 e. The van der Waals surface area contributed by atoms with Gasteiger partial charge in [0.15, 0.2) is 0 Å². The Labute approximate surface area is 88.0 Å². The van der Waals surface area contributed by atoms with Crippen molar-refractivity contribution in [3.63, 3.8) is 0 Å². The molecule has 2 N–H and O–H groups in total. The van der Waals surface area contributed by atoms with Crippen LogP contribution in [-0.4, -0.2) is 33.0 Å². The fraction of sp³-hybridized carbons (Fsp3) is 1.00. The summed E-state index contributed by atoms with van der Waals surface area (Å²) in [6.07, 6.45) is 0. The maximum absolute atomic E-state index is 5.50.